The second-order valence-electron chi connectivity index (χ2n) is 17.4. The number of hydrogen-bond acceptors (Lipinski definition) is 4. The summed E-state index contributed by atoms with van der Waals surface area (Å²) >= 11 is 0. The van der Waals surface area contributed by atoms with Crippen molar-refractivity contribution >= 4 is 23.9 Å². The van der Waals surface area contributed by atoms with Crippen LogP contribution in [0.3, 0.4) is 0 Å². The quantitative estimate of drug-likeness (QED) is 0.0268. The number of aliphatic carboxylic acids is 4. The molecular weight excluding hydrogens is 897 g/mol. The first-order chi connectivity index (χ1) is 31.1. The zero-order chi connectivity index (χ0) is 48.3. The average molecular weight is 1000 g/mol. The Kier molecular flexibility index (Phi) is 75.0. The van der Waals surface area contributed by atoms with Crippen LogP contribution in [0.5, 0.6) is 0 Å². The van der Waals surface area contributed by atoms with E-state index in [1.54, 1.807) is 24.3 Å². The van der Waals surface area contributed by atoms with Gasteiger partial charge in [-0.05, 0) is 51.4 Å². The number of unbranched alkanes of at least 4 members (excludes halogenated alkanes) is 36. The molecule has 0 bridgehead atoms. The Bertz CT molecular complexity index is 916. The van der Waals surface area contributed by atoms with E-state index in [2.05, 4.69) is 27.7 Å². The van der Waals surface area contributed by atoms with Gasteiger partial charge in [0.15, 0.2) is 0 Å². The minimum atomic E-state index is -0.837. The maximum atomic E-state index is 10.2. The van der Waals surface area contributed by atoms with Crippen LogP contribution in [-0.2, 0) is 40.2 Å². The first-order valence-electron chi connectivity index (χ1n) is 26.7. The van der Waals surface area contributed by atoms with E-state index in [-0.39, 0.29) is 21.1 Å². The summed E-state index contributed by atoms with van der Waals surface area (Å²) in [5, 5.41) is 33.5. The molecule has 0 saturated heterocycles. The summed E-state index contributed by atoms with van der Waals surface area (Å²) in [6, 6.07) is 0. The Morgan fingerprint density at radius 2 is 0.369 bits per heavy atom. The zero-order valence-corrected chi connectivity index (χ0v) is 44.7. The van der Waals surface area contributed by atoms with Crippen LogP contribution in [0.15, 0.2) is 48.6 Å². The van der Waals surface area contributed by atoms with Crippen LogP contribution in [0.4, 0.5) is 0 Å². The van der Waals surface area contributed by atoms with E-state index < -0.39 is 23.9 Å². The fourth-order valence-corrected chi connectivity index (χ4v) is 7.03. The minimum Gasteiger partial charge on any atom is -0.478 e. The average Bonchev–Trinajstić information content (AvgIpc) is 3.26. The van der Waals surface area contributed by atoms with Crippen molar-refractivity contribution in [3.63, 3.8) is 0 Å². The van der Waals surface area contributed by atoms with Crippen molar-refractivity contribution in [3.8, 4) is 0 Å². The largest absolute Gasteiger partial charge is 0.478 e. The van der Waals surface area contributed by atoms with Gasteiger partial charge in [0.2, 0.25) is 0 Å². The molecule has 0 saturated carbocycles. The molecule has 0 amide bonds. The fourth-order valence-electron chi connectivity index (χ4n) is 7.03. The van der Waals surface area contributed by atoms with Gasteiger partial charge in [-0.25, -0.2) is 19.2 Å². The van der Waals surface area contributed by atoms with E-state index in [0.717, 1.165) is 51.4 Å². The van der Waals surface area contributed by atoms with Crippen molar-refractivity contribution in [1.29, 1.82) is 0 Å². The summed E-state index contributed by atoms with van der Waals surface area (Å²) in [4.78, 5) is 40.7. The Labute approximate surface area is 415 Å². The molecule has 0 heterocycles. The van der Waals surface area contributed by atoms with Crippen LogP contribution in [0, 0.1) is 0 Å². The molecule has 382 valence electrons. The summed E-state index contributed by atoms with van der Waals surface area (Å²) in [5.74, 6) is -3.35. The predicted octanol–water partition coefficient (Wildman–Crippen LogP) is 18.2. The van der Waals surface area contributed by atoms with Crippen LogP contribution >= 0.6 is 0 Å². The number of allylic oxidation sites excluding steroid dienone is 4. The molecule has 0 atom stereocenters. The molecule has 0 aromatic heterocycles. The van der Waals surface area contributed by atoms with Gasteiger partial charge < -0.3 is 20.4 Å². The molecule has 0 aromatic carbocycles. The van der Waals surface area contributed by atoms with Gasteiger partial charge in [0.05, 0.1) is 0 Å². The van der Waals surface area contributed by atoms with Crippen LogP contribution < -0.4 is 0 Å². The Balaban J connectivity index is -0.000000245. The van der Waals surface area contributed by atoms with Crippen LogP contribution in [0.2, 0.25) is 0 Å². The van der Waals surface area contributed by atoms with E-state index in [1.807, 2.05) is 0 Å². The SMILES string of the molecule is CCCCCCCCCCCC=CC(=O)O.CCCCCCCCCCCC=CC(=O)O.CCCCCCCCCCCC=CC(=O)O.CCCCCCCCCCCC=CC(=O)O.[Mo]. The molecule has 0 radical (unpaired) electrons. The second-order valence-corrected chi connectivity index (χ2v) is 17.4. The molecule has 9 heteroatoms. The van der Waals surface area contributed by atoms with Gasteiger partial charge in [-0.15, -0.1) is 0 Å². The summed E-state index contributed by atoms with van der Waals surface area (Å²) in [6.45, 7) is 8.96. The second kappa shape index (κ2) is 68.1. The molecule has 65 heavy (non-hydrogen) atoms. The van der Waals surface area contributed by atoms with Crippen molar-refractivity contribution in [2.45, 2.75) is 285 Å². The van der Waals surface area contributed by atoms with E-state index in [4.69, 9.17) is 20.4 Å². The third kappa shape index (κ3) is 88.9. The molecule has 8 nitrogen and oxygen atoms in total. The van der Waals surface area contributed by atoms with Gasteiger partial charge in [0, 0.05) is 45.4 Å². The summed E-state index contributed by atoms with van der Waals surface area (Å²) in [6.07, 6.45) is 62.9. The number of carbonyl (C=O) groups is 4. The first kappa shape index (κ1) is 71.5. The first-order valence-corrected chi connectivity index (χ1v) is 26.7. The maximum Gasteiger partial charge on any atom is 0.327 e. The molecule has 0 aliphatic heterocycles. The number of rotatable bonds is 44. The van der Waals surface area contributed by atoms with Crippen LogP contribution in [0.25, 0.3) is 0 Å². The molecule has 4 N–H and O–H groups in total. The van der Waals surface area contributed by atoms with Crippen molar-refractivity contribution < 1.29 is 60.7 Å². The van der Waals surface area contributed by atoms with Gasteiger partial charge in [0.25, 0.3) is 0 Å². The van der Waals surface area contributed by atoms with Gasteiger partial charge in [-0.1, -0.05) is 257 Å². The standard InChI is InChI=1S/4C14H26O2.Mo/c4*1-2-3-4-5-6-7-8-9-10-11-12-13-14(15)16;/h4*12-13H,2-11H2,1H3,(H,15,16);. The van der Waals surface area contributed by atoms with Gasteiger partial charge in [-0.2, -0.15) is 0 Å². The van der Waals surface area contributed by atoms with E-state index >= 15 is 0 Å². The van der Waals surface area contributed by atoms with E-state index in [0.29, 0.717) is 0 Å². The molecule has 0 aromatic rings. The number of hydrogen-bond donors (Lipinski definition) is 4. The Morgan fingerprint density at radius 3 is 0.492 bits per heavy atom. The minimum absolute atomic E-state index is 0. The number of carboxylic acids is 4. The van der Waals surface area contributed by atoms with Gasteiger partial charge in [-0.3, -0.25) is 0 Å². The van der Waals surface area contributed by atoms with Crippen molar-refractivity contribution in [2.75, 3.05) is 0 Å². The Hall–Kier alpha value is -2.47. The van der Waals surface area contributed by atoms with E-state index in [9.17, 15) is 19.2 Å². The normalized spacial score (nSPS) is 10.9. The molecule has 0 rings (SSSR count). The summed E-state index contributed by atoms with van der Waals surface area (Å²) in [5.41, 5.74) is 0. The monoisotopic (exact) mass is 1000 g/mol. The van der Waals surface area contributed by atoms with Crippen LogP contribution in [0.1, 0.15) is 285 Å². The van der Waals surface area contributed by atoms with Crippen molar-refractivity contribution in [1.82, 2.24) is 0 Å². The third-order valence-corrected chi connectivity index (χ3v) is 10.9. The smallest absolute Gasteiger partial charge is 0.327 e. The molecule has 0 spiro atoms. The summed E-state index contributed by atoms with van der Waals surface area (Å²) in [7, 11) is 0. The molecule has 0 unspecified atom stereocenters. The topological polar surface area (TPSA) is 149 Å². The maximum absolute atomic E-state index is 10.2. The molecular formula is C56H104MoO8. The fraction of sp³-hybridized carbons (Fsp3) is 0.786. The van der Waals surface area contributed by atoms with Gasteiger partial charge in [0.1, 0.15) is 0 Å². The van der Waals surface area contributed by atoms with Crippen LogP contribution in [-0.4, -0.2) is 44.3 Å². The zero-order valence-electron chi connectivity index (χ0n) is 42.7. The molecule has 0 fully saturated rings. The Morgan fingerprint density at radius 1 is 0.246 bits per heavy atom. The van der Waals surface area contributed by atoms with Crippen molar-refractivity contribution in [2.24, 2.45) is 0 Å². The van der Waals surface area contributed by atoms with Gasteiger partial charge >= 0.3 is 23.9 Å². The molecule has 0 aliphatic carbocycles. The summed E-state index contributed by atoms with van der Waals surface area (Å²) < 4.78 is 0. The third-order valence-electron chi connectivity index (χ3n) is 10.9. The van der Waals surface area contributed by atoms with Crippen molar-refractivity contribution in [3.05, 3.63) is 48.6 Å². The molecule has 0 aliphatic rings. The number of carboxylic acid groups (broad SMARTS) is 4. The van der Waals surface area contributed by atoms with E-state index in [1.165, 1.54) is 230 Å². The predicted molar refractivity (Wildman–Crippen MR) is 274 cm³/mol.